The number of nitrogens with zero attached hydrogens (tertiary/aromatic N) is 2. The van der Waals surface area contributed by atoms with E-state index in [0.29, 0.717) is 20.1 Å². The van der Waals surface area contributed by atoms with Crippen molar-refractivity contribution in [2.45, 2.75) is 0 Å². The van der Waals surface area contributed by atoms with Gasteiger partial charge in [0.25, 0.3) is 5.69 Å². The Kier molecular flexibility index (Phi) is 6.47. The maximum atomic E-state index is 12.7. The average molecular weight is 572 g/mol. The van der Waals surface area contributed by atoms with Crippen molar-refractivity contribution >= 4 is 61.5 Å². The molecule has 0 fully saturated rings. The second kappa shape index (κ2) is 9.47. The van der Waals surface area contributed by atoms with E-state index < -0.39 is 16.9 Å². The summed E-state index contributed by atoms with van der Waals surface area (Å²) in [5.41, 5.74) is 1.05. The van der Waals surface area contributed by atoms with Gasteiger partial charge in [-0.3, -0.25) is 10.1 Å². The van der Waals surface area contributed by atoms with Crippen molar-refractivity contribution in [3.8, 4) is 5.75 Å². The Balaban J connectivity index is 1.67. The molecule has 0 N–H and O–H groups in total. The first-order valence-corrected chi connectivity index (χ1v) is 10.9. The lowest BCUT2D eigenvalue weighted by molar-refractivity contribution is -0.384. The van der Waals surface area contributed by atoms with E-state index in [1.165, 1.54) is 30.3 Å². The number of non-ortho nitro benzene ring substituents is 1. The molecule has 33 heavy (non-hydrogen) atoms. The monoisotopic (exact) mass is 570 g/mol. The summed E-state index contributed by atoms with van der Waals surface area (Å²) >= 11 is 6.74. The van der Waals surface area contributed by atoms with Crippen LogP contribution >= 0.6 is 31.9 Å². The number of benzene rings is 3. The van der Waals surface area contributed by atoms with Crippen molar-refractivity contribution < 1.29 is 24.0 Å². The van der Waals surface area contributed by atoms with Crippen LogP contribution < -0.4 is 4.74 Å². The lowest BCUT2D eigenvalue weighted by Crippen LogP contribution is -2.10. The predicted molar refractivity (Wildman–Crippen MR) is 127 cm³/mol. The van der Waals surface area contributed by atoms with Gasteiger partial charge in [-0.25, -0.2) is 14.6 Å². The van der Waals surface area contributed by atoms with E-state index in [1.807, 2.05) is 6.07 Å². The minimum atomic E-state index is -0.727. The minimum absolute atomic E-state index is 0.0338. The molecular weight excluding hydrogens is 560 g/mol. The van der Waals surface area contributed by atoms with Crippen LogP contribution in [0.2, 0.25) is 0 Å². The van der Waals surface area contributed by atoms with Gasteiger partial charge < -0.3 is 9.47 Å². The normalized spacial score (nSPS) is 14.1. The number of carbonyl (C=O) groups is 2. The van der Waals surface area contributed by atoms with Gasteiger partial charge in [0.05, 0.1) is 15.0 Å². The van der Waals surface area contributed by atoms with E-state index in [-0.39, 0.29) is 28.6 Å². The van der Waals surface area contributed by atoms with Gasteiger partial charge in [0.15, 0.2) is 11.4 Å². The summed E-state index contributed by atoms with van der Waals surface area (Å²) in [6.45, 7) is 0. The first kappa shape index (κ1) is 22.6. The number of nitro benzene ring substituents is 1. The van der Waals surface area contributed by atoms with E-state index in [1.54, 1.807) is 36.4 Å². The van der Waals surface area contributed by atoms with Gasteiger partial charge in [0.2, 0.25) is 5.90 Å². The number of hydrogen-bond donors (Lipinski definition) is 0. The Morgan fingerprint density at radius 2 is 1.76 bits per heavy atom. The molecule has 3 aromatic carbocycles. The van der Waals surface area contributed by atoms with Crippen LogP contribution in [0, 0.1) is 10.1 Å². The van der Waals surface area contributed by atoms with Crippen molar-refractivity contribution in [3.05, 3.63) is 108 Å². The maximum absolute atomic E-state index is 12.7. The molecule has 0 saturated carbocycles. The Hall–Kier alpha value is -3.63. The maximum Gasteiger partial charge on any atom is 0.363 e. The fourth-order valence-corrected chi connectivity index (χ4v) is 4.27. The van der Waals surface area contributed by atoms with Gasteiger partial charge in [-0.2, -0.15) is 0 Å². The third kappa shape index (κ3) is 5.07. The molecule has 0 radical (unpaired) electrons. The van der Waals surface area contributed by atoms with Crippen LogP contribution in [-0.4, -0.2) is 22.8 Å². The van der Waals surface area contributed by atoms with Crippen LogP contribution in [0.25, 0.3) is 6.08 Å². The zero-order valence-corrected chi connectivity index (χ0v) is 19.7. The first-order chi connectivity index (χ1) is 15.8. The van der Waals surface area contributed by atoms with Crippen LogP contribution in [0.5, 0.6) is 5.75 Å². The zero-order valence-electron chi connectivity index (χ0n) is 16.5. The number of ether oxygens (including phenoxy) is 2. The standard InChI is InChI=1S/C23H12Br2N2O6/c24-16-10-15(11-19-23(29)33-21(26-19)13-4-2-1-3-5-13)20(18(25)12-16)32-22(28)14-6-8-17(9-7-14)27(30)31/h1-12H/b19-11-. The van der Waals surface area contributed by atoms with Crippen molar-refractivity contribution in [1.82, 2.24) is 0 Å². The Morgan fingerprint density at radius 3 is 2.42 bits per heavy atom. The molecule has 1 aliphatic rings. The molecule has 164 valence electrons. The number of hydrogen-bond acceptors (Lipinski definition) is 7. The lowest BCUT2D eigenvalue weighted by Gasteiger charge is -2.11. The fourth-order valence-electron chi connectivity index (χ4n) is 2.93. The van der Waals surface area contributed by atoms with Gasteiger partial charge in [-0.15, -0.1) is 0 Å². The molecule has 3 aromatic rings. The highest BCUT2D eigenvalue weighted by Gasteiger charge is 2.25. The lowest BCUT2D eigenvalue weighted by atomic mass is 10.1. The van der Waals surface area contributed by atoms with Gasteiger partial charge >= 0.3 is 11.9 Å². The molecule has 10 heteroatoms. The highest BCUT2D eigenvalue weighted by molar-refractivity contribution is 9.11. The quantitative estimate of drug-likeness (QED) is 0.128. The highest BCUT2D eigenvalue weighted by atomic mass is 79.9. The smallest absolute Gasteiger partial charge is 0.363 e. The van der Waals surface area contributed by atoms with Crippen LogP contribution in [0.15, 0.2) is 86.4 Å². The molecule has 0 amide bonds. The average Bonchev–Trinajstić information content (AvgIpc) is 3.16. The number of halogens is 2. The Morgan fingerprint density at radius 1 is 1.06 bits per heavy atom. The summed E-state index contributed by atoms with van der Waals surface area (Å²) in [6.07, 6.45) is 1.45. The number of cyclic esters (lactones) is 1. The predicted octanol–water partition coefficient (Wildman–Crippen LogP) is 5.68. The summed E-state index contributed by atoms with van der Waals surface area (Å²) in [4.78, 5) is 39.6. The molecule has 0 atom stereocenters. The van der Waals surface area contributed by atoms with E-state index >= 15 is 0 Å². The largest absolute Gasteiger partial charge is 0.421 e. The van der Waals surface area contributed by atoms with Crippen LogP contribution in [0.4, 0.5) is 5.69 Å². The van der Waals surface area contributed by atoms with E-state index in [2.05, 4.69) is 36.9 Å². The fraction of sp³-hybridized carbons (Fsp3) is 0. The topological polar surface area (TPSA) is 108 Å². The van der Waals surface area contributed by atoms with E-state index in [4.69, 9.17) is 9.47 Å². The molecule has 0 aromatic heterocycles. The summed E-state index contributed by atoms with van der Waals surface area (Å²) in [6, 6.07) is 17.3. The van der Waals surface area contributed by atoms with Gasteiger partial charge in [-0.1, -0.05) is 34.1 Å². The van der Waals surface area contributed by atoms with E-state index in [9.17, 15) is 19.7 Å². The van der Waals surface area contributed by atoms with Crippen LogP contribution in [0.3, 0.4) is 0 Å². The van der Waals surface area contributed by atoms with Crippen LogP contribution in [0.1, 0.15) is 21.5 Å². The van der Waals surface area contributed by atoms with Crippen molar-refractivity contribution in [2.24, 2.45) is 4.99 Å². The molecule has 1 heterocycles. The molecule has 0 bridgehead atoms. The molecule has 0 spiro atoms. The highest BCUT2D eigenvalue weighted by Crippen LogP contribution is 2.36. The zero-order chi connectivity index (χ0) is 23.5. The van der Waals surface area contributed by atoms with Crippen molar-refractivity contribution in [1.29, 1.82) is 0 Å². The number of aliphatic imine (C=N–C) groups is 1. The third-order valence-corrected chi connectivity index (χ3v) is 5.53. The molecule has 0 unspecified atom stereocenters. The molecule has 0 aliphatic carbocycles. The van der Waals surface area contributed by atoms with E-state index in [0.717, 1.165) is 0 Å². The molecule has 0 saturated heterocycles. The van der Waals surface area contributed by atoms with Crippen molar-refractivity contribution in [3.63, 3.8) is 0 Å². The molecule has 1 aliphatic heterocycles. The van der Waals surface area contributed by atoms with Gasteiger partial charge in [0, 0.05) is 27.7 Å². The Labute approximate surface area is 204 Å². The van der Waals surface area contributed by atoms with Crippen LogP contribution in [-0.2, 0) is 9.53 Å². The number of esters is 2. The Bertz CT molecular complexity index is 1340. The first-order valence-electron chi connectivity index (χ1n) is 9.35. The number of rotatable bonds is 5. The molecule has 8 nitrogen and oxygen atoms in total. The third-order valence-electron chi connectivity index (χ3n) is 4.48. The number of carbonyl (C=O) groups excluding carboxylic acids is 2. The minimum Gasteiger partial charge on any atom is -0.421 e. The summed E-state index contributed by atoms with van der Waals surface area (Å²) in [5, 5.41) is 10.8. The molecule has 4 rings (SSSR count). The summed E-state index contributed by atoms with van der Waals surface area (Å²) < 4.78 is 11.9. The van der Waals surface area contributed by atoms with Gasteiger partial charge in [-0.05, 0) is 58.4 Å². The second-order valence-electron chi connectivity index (χ2n) is 6.70. The second-order valence-corrected chi connectivity index (χ2v) is 8.47. The van der Waals surface area contributed by atoms with Crippen molar-refractivity contribution in [2.75, 3.05) is 0 Å². The SMILES string of the molecule is O=C1OC(c2ccccc2)=N/C1=C\c1cc(Br)cc(Br)c1OC(=O)c1ccc([N+](=O)[O-])cc1. The summed E-state index contributed by atoms with van der Waals surface area (Å²) in [7, 11) is 0. The van der Waals surface area contributed by atoms with Gasteiger partial charge in [0.1, 0.15) is 0 Å². The number of nitro groups is 1. The summed E-state index contributed by atoms with van der Waals surface area (Å²) in [5.74, 6) is -1.05. The molecular formula is C23H12Br2N2O6.